The molecule has 0 aliphatic carbocycles. The first kappa shape index (κ1) is 11.6. The smallest absolute Gasteiger partial charge is 0.255 e. The minimum absolute atomic E-state index is 0.198. The predicted molar refractivity (Wildman–Crippen MR) is 65.5 cm³/mol. The van der Waals surface area contributed by atoms with Crippen LogP contribution in [0.25, 0.3) is 11.3 Å². The highest BCUT2D eigenvalue weighted by Crippen LogP contribution is 2.22. The van der Waals surface area contributed by atoms with Crippen molar-refractivity contribution >= 4 is 0 Å². The summed E-state index contributed by atoms with van der Waals surface area (Å²) >= 11 is 0. The van der Waals surface area contributed by atoms with E-state index in [1.807, 2.05) is 38.1 Å². The molecule has 0 aliphatic heterocycles. The van der Waals surface area contributed by atoms with Gasteiger partial charge in [-0.1, -0.05) is 29.8 Å². The molecule has 0 N–H and O–H groups in total. The summed E-state index contributed by atoms with van der Waals surface area (Å²) in [5, 5.41) is 0. The van der Waals surface area contributed by atoms with Crippen LogP contribution < -0.4 is 4.74 Å². The highest BCUT2D eigenvalue weighted by Gasteiger charge is 2.07. The summed E-state index contributed by atoms with van der Waals surface area (Å²) in [7, 11) is 0. The molecule has 0 unspecified atom stereocenters. The van der Waals surface area contributed by atoms with E-state index in [0.717, 1.165) is 5.56 Å². The largest absolute Gasteiger partial charge is 0.489 e. The van der Waals surface area contributed by atoms with Crippen molar-refractivity contribution in [2.75, 3.05) is 6.61 Å². The minimum atomic E-state index is -0.565. The van der Waals surface area contributed by atoms with Crippen molar-refractivity contribution in [2.45, 2.75) is 13.8 Å². The SMILES string of the molecule is CCOc1ccc(-c2ccc(C)cc2)nc1F. The molecule has 0 fully saturated rings. The first-order valence-electron chi connectivity index (χ1n) is 5.57. The van der Waals surface area contributed by atoms with Crippen LogP contribution in [0.2, 0.25) is 0 Å². The molecule has 2 aromatic rings. The molecule has 0 radical (unpaired) electrons. The predicted octanol–water partition coefficient (Wildman–Crippen LogP) is 3.59. The van der Waals surface area contributed by atoms with E-state index in [1.54, 1.807) is 12.1 Å². The van der Waals surface area contributed by atoms with Gasteiger partial charge >= 0.3 is 0 Å². The first-order chi connectivity index (χ1) is 8.20. The number of benzene rings is 1. The topological polar surface area (TPSA) is 22.1 Å². The van der Waals surface area contributed by atoms with Crippen molar-refractivity contribution in [3.8, 4) is 17.0 Å². The number of aryl methyl sites for hydroxylation is 1. The van der Waals surface area contributed by atoms with Gasteiger partial charge in [0.2, 0.25) is 0 Å². The van der Waals surface area contributed by atoms with E-state index >= 15 is 0 Å². The Labute approximate surface area is 100 Å². The Kier molecular flexibility index (Phi) is 3.38. The van der Waals surface area contributed by atoms with Crippen molar-refractivity contribution in [1.29, 1.82) is 0 Å². The van der Waals surface area contributed by atoms with Gasteiger partial charge in [-0.25, -0.2) is 4.98 Å². The van der Waals surface area contributed by atoms with Crippen molar-refractivity contribution < 1.29 is 9.13 Å². The van der Waals surface area contributed by atoms with Gasteiger partial charge in [0.25, 0.3) is 5.95 Å². The third-order valence-electron chi connectivity index (χ3n) is 2.46. The average molecular weight is 231 g/mol. The molecule has 1 aromatic heterocycles. The van der Waals surface area contributed by atoms with E-state index in [4.69, 9.17) is 4.74 Å². The summed E-state index contributed by atoms with van der Waals surface area (Å²) in [6.07, 6.45) is 0. The van der Waals surface area contributed by atoms with Gasteiger partial charge in [0.05, 0.1) is 12.3 Å². The number of hydrogen-bond donors (Lipinski definition) is 0. The molecule has 0 spiro atoms. The second-order valence-corrected chi connectivity index (χ2v) is 3.78. The van der Waals surface area contributed by atoms with Crippen LogP contribution in [0.15, 0.2) is 36.4 Å². The van der Waals surface area contributed by atoms with Crippen LogP contribution in [0.4, 0.5) is 4.39 Å². The zero-order valence-electron chi connectivity index (χ0n) is 9.90. The lowest BCUT2D eigenvalue weighted by Gasteiger charge is -2.06. The summed E-state index contributed by atoms with van der Waals surface area (Å²) < 4.78 is 18.7. The molecule has 0 amide bonds. The fraction of sp³-hybridized carbons (Fsp3) is 0.214. The molecular formula is C14H14FNO. The summed E-state index contributed by atoms with van der Waals surface area (Å²) in [4.78, 5) is 3.90. The van der Waals surface area contributed by atoms with Crippen LogP contribution in [-0.4, -0.2) is 11.6 Å². The first-order valence-corrected chi connectivity index (χ1v) is 5.57. The van der Waals surface area contributed by atoms with E-state index < -0.39 is 5.95 Å². The Morgan fingerprint density at radius 2 is 1.82 bits per heavy atom. The zero-order valence-corrected chi connectivity index (χ0v) is 9.90. The van der Waals surface area contributed by atoms with Crippen LogP contribution in [0.1, 0.15) is 12.5 Å². The molecule has 0 saturated heterocycles. The standard InChI is InChI=1S/C14H14FNO/c1-3-17-13-9-8-12(16-14(13)15)11-6-4-10(2)5-7-11/h4-9H,3H2,1-2H3. The van der Waals surface area contributed by atoms with Crippen LogP contribution >= 0.6 is 0 Å². The Bertz CT molecular complexity index is 508. The highest BCUT2D eigenvalue weighted by molar-refractivity contribution is 5.59. The number of nitrogens with zero attached hydrogens (tertiary/aromatic N) is 1. The van der Waals surface area contributed by atoms with Gasteiger partial charge in [0, 0.05) is 5.56 Å². The molecule has 2 rings (SSSR count). The number of hydrogen-bond acceptors (Lipinski definition) is 2. The van der Waals surface area contributed by atoms with Crippen LogP contribution in [0.5, 0.6) is 5.75 Å². The summed E-state index contributed by atoms with van der Waals surface area (Å²) in [5.74, 6) is -0.367. The Balaban J connectivity index is 2.34. The van der Waals surface area contributed by atoms with E-state index in [1.165, 1.54) is 5.56 Å². The maximum atomic E-state index is 13.6. The maximum Gasteiger partial charge on any atom is 0.255 e. The van der Waals surface area contributed by atoms with E-state index in [0.29, 0.717) is 12.3 Å². The molecule has 0 bridgehead atoms. The van der Waals surface area contributed by atoms with Crippen molar-refractivity contribution in [3.63, 3.8) is 0 Å². The lowest BCUT2D eigenvalue weighted by atomic mass is 10.1. The zero-order chi connectivity index (χ0) is 12.3. The summed E-state index contributed by atoms with van der Waals surface area (Å²) in [6.45, 7) is 4.26. The molecule has 0 aliphatic rings. The quantitative estimate of drug-likeness (QED) is 0.753. The molecule has 2 nitrogen and oxygen atoms in total. The van der Waals surface area contributed by atoms with Gasteiger partial charge in [-0.2, -0.15) is 4.39 Å². The summed E-state index contributed by atoms with van der Waals surface area (Å²) in [5.41, 5.74) is 2.68. The van der Waals surface area contributed by atoms with Crippen LogP contribution in [0.3, 0.4) is 0 Å². The molecular weight excluding hydrogens is 217 g/mol. The van der Waals surface area contributed by atoms with Gasteiger partial charge in [0.15, 0.2) is 5.75 Å². The van der Waals surface area contributed by atoms with Crippen molar-refractivity contribution in [1.82, 2.24) is 4.98 Å². The molecule has 17 heavy (non-hydrogen) atoms. The molecule has 88 valence electrons. The molecule has 3 heteroatoms. The van der Waals surface area contributed by atoms with Gasteiger partial charge < -0.3 is 4.74 Å². The number of rotatable bonds is 3. The highest BCUT2D eigenvalue weighted by atomic mass is 19.1. The lowest BCUT2D eigenvalue weighted by molar-refractivity contribution is 0.316. The fourth-order valence-electron chi connectivity index (χ4n) is 1.57. The van der Waals surface area contributed by atoms with Crippen molar-refractivity contribution in [3.05, 3.63) is 47.9 Å². The third kappa shape index (κ3) is 2.61. The summed E-state index contributed by atoms with van der Waals surface area (Å²) in [6, 6.07) is 11.2. The monoisotopic (exact) mass is 231 g/mol. The minimum Gasteiger partial charge on any atom is -0.489 e. The Hall–Kier alpha value is -1.90. The normalized spacial score (nSPS) is 10.3. The Morgan fingerprint density at radius 3 is 2.41 bits per heavy atom. The third-order valence-corrected chi connectivity index (χ3v) is 2.46. The lowest BCUT2D eigenvalue weighted by Crippen LogP contribution is -1.97. The number of pyridine rings is 1. The van der Waals surface area contributed by atoms with Crippen LogP contribution in [-0.2, 0) is 0 Å². The van der Waals surface area contributed by atoms with Crippen LogP contribution in [0, 0.1) is 12.9 Å². The van der Waals surface area contributed by atoms with Gasteiger partial charge in [-0.15, -0.1) is 0 Å². The van der Waals surface area contributed by atoms with Crippen molar-refractivity contribution in [2.24, 2.45) is 0 Å². The number of aromatic nitrogens is 1. The second-order valence-electron chi connectivity index (χ2n) is 3.78. The maximum absolute atomic E-state index is 13.6. The van der Waals surface area contributed by atoms with E-state index in [9.17, 15) is 4.39 Å². The Morgan fingerprint density at radius 1 is 1.12 bits per heavy atom. The fourth-order valence-corrected chi connectivity index (χ4v) is 1.57. The molecule has 1 aromatic carbocycles. The second kappa shape index (κ2) is 4.95. The van der Waals surface area contributed by atoms with E-state index in [-0.39, 0.29) is 5.75 Å². The van der Waals surface area contributed by atoms with Gasteiger partial charge in [0.1, 0.15) is 0 Å². The molecule has 1 heterocycles. The van der Waals surface area contributed by atoms with Gasteiger partial charge in [-0.3, -0.25) is 0 Å². The van der Waals surface area contributed by atoms with E-state index in [2.05, 4.69) is 4.98 Å². The van der Waals surface area contributed by atoms with Gasteiger partial charge in [-0.05, 0) is 26.0 Å². The molecule has 0 atom stereocenters. The number of halogens is 1. The molecule has 0 saturated carbocycles. The average Bonchev–Trinajstić information content (AvgIpc) is 2.33. The number of ether oxygens (including phenoxy) is 1.